The Balaban J connectivity index is 1.85. The molecule has 20 heavy (non-hydrogen) atoms. The fourth-order valence-corrected chi connectivity index (χ4v) is 3.19. The summed E-state index contributed by atoms with van der Waals surface area (Å²) >= 11 is 0. The van der Waals surface area contributed by atoms with Gasteiger partial charge in [-0.3, -0.25) is 4.57 Å². The summed E-state index contributed by atoms with van der Waals surface area (Å²) in [4.78, 5) is 0. The van der Waals surface area contributed by atoms with Crippen LogP contribution in [0.4, 0.5) is 0 Å². The van der Waals surface area contributed by atoms with Gasteiger partial charge in [-0.05, 0) is 24.8 Å². The Morgan fingerprint density at radius 3 is 2.45 bits per heavy atom. The van der Waals surface area contributed by atoms with Gasteiger partial charge in [0.05, 0.1) is 0 Å². The SMILES string of the molecule is O=S(=O)(Cl)c1nnc(CCc2ccccc2)n1C1CC1. The minimum atomic E-state index is -3.84. The fourth-order valence-electron chi connectivity index (χ4n) is 2.24. The Hall–Kier alpha value is -1.40. The van der Waals surface area contributed by atoms with Gasteiger partial charge in [-0.1, -0.05) is 30.3 Å². The number of benzene rings is 1. The van der Waals surface area contributed by atoms with Crippen LogP contribution in [0, 0.1) is 0 Å². The molecule has 5 nitrogen and oxygen atoms in total. The van der Waals surface area contributed by atoms with Crippen molar-refractivity contribution in [1.82, 2.24) is 14.8 Å². The molecule has 2 aromatic rings. The van der Waals surface area contributed by atoms with E-state index in [4.69, 9.17) is 10.7 Å². The summed E-state index contributed by atoms with van der Waals surface area (Å²) in [5, 5.41) is 7.64. The van der Waals surface area contributed by atoms with E-state index in [0.717, 1.165) is 19.3 Å². The highest BCUT2D eigenvalue weighted by atomic mass is 35.7. The molecule has 1 aromatic carbocycles. The molecular formula is C13H14ClN3O2S. The molecule has 7 heteroatoms. The first-order valence-corrected chi connectivity index (χ1v) is 8.79. The Morgan fingerprint density at radius 2 is 1.85 bits per heavy atom. The molecule has 1 aliphatic rings. The van der Waals surface area contributed by atoms with Crippen molar-refractivity contribution in [3.63, 3.8) is 0 Å². The van der Waals surface area contributed by atoms with Crippen LogP contribution in [0.1, 0.15) is 30.3 Å². The molecule has 3 rings (SSSR count). The first-order valence-electron chi connectivity index (χ1n) is 6.48. The molecule has 0 bridgehead atoms. The second kappa shape index (κ2) is 5.18. The van der Waals surface area contributed by atoms with Crippen LogP contribution in [0.25, 0.3) is 0 Å². The summed E-state index contributed by atoms with van der Waals surface area (Å²) in [6, 6.07) is 10.2. The zero-order chi connectivity index (χ0) is 14.2. The maximum Gasteiger partial charge on any atom is 0.296 e. The molecule has 106 valence electrons. The first-order chi connectivity index (χ1) is 9.55. The van der Waals surface area contributed by atoms with E-state index in [1.54, 1.807) is 4.57 Å². The van der Waals surface area contributed by atoms with Gasteiger partial charge in [0.25, 0.3) is 14.2 Å². The summed E-state index contributed by atoms with van der Waals surface area (Å²) in [5.41, 5.74) is 1.19. The molecule has 1 heterocycles. The van der Waals surface area contributed by atoms with Crippen molar-refractivity contribution in [2.24, 2.45) is 0 Å². The van der Waals surface area contributed by atoms with Crippen molar-refractivity contribution in [2.75, 3.05) is 0 Å². The molecule has 0 amide bonds. The molecular weight excluding hydrogens is 298 g/mol. The maximum atomic E-state index is 11.5. The smallest absolute Gasteiger partial charge is 0.296 e. The third-order valence-corrected chi connectivity index (χ3v) is 4.47. The monoisotopic (exact) mass is 311 g/mol. The normalized spacial score (nSPS) is 15.4. The number of aryl methyl sites for hydroxylation is 2. The van der Waals surface area contributed by atoms with Crippen LogP contribution in [-0.2, 0) is 21.9 Å². The molecule has 0 radical (unpaired) electrons. The predicted molar refractivity (Wildman–Crippen MR) is 75.2 cm³/mol. The lowest BCUT2D eigenvalue weighted by molar-refractivity contribution is 0.568. The Kier molecular flexibility index (Phi) is 3.52. The Bertz CT molecular complexity index is 708. The maximum absolute atomic E-state index is 11.5. The number of hydrogen-bond donors (Lipinski definition) is 0. The fraction of sp³-hybridized carbons (Fsp3) is 0.385. The molecule has 0 unspecified atom stereocenters. The van der Waals surface area contributed by atoms with E-state index in [0.29, 0.717) is 12.2 Å². The van der Waals surface area contributed by atoms with Crippen LogP contribution in [-0.4, -0.2) is 23.2 Å². The van der Waals surface area contributed by atoms with Gasteiger partial charge in [-0.2, -0.15) is 0 Å². The molecule has 0 aliphatic heterocycles. The molecule has 1 saturated carbocycles. The summed E-state index contributed by atoms with van der Waals surface area (Å²) in [6.07, 6.45) is 3.36. The lowest BCUT2D eigenvalue weighted by atomic mass is 10.1. The van der Waals surface area contributed by atoms with E-state index < -0.39 is 9.05 Å². The van der Waals surface area contributed by atoms with Gasteiger partial charge in [0.1, 0.15) is 5.82 Å². The Labute approximate surface area is 122 Å². The molecule has 1 aromatic heterocycles. The quantitative estimate of drug-likeness (QED) is 0.795. The molecule has 0 N–H and O–H groups in total. The van der Waals surface area contributed by atoms with Crippen LogP contribution in [0.3, 0.4) is 0 Å². The summed E-state index contributed by atoms with van der Waals surface area (Å²) in [5.74, 6) is 0.690. The van der Waals surface area contributed by atoms with Crippen molar-refractivity contribution in [3.05, 3.63) is 41.7 Å². The van der Waals surface area contributed by atoms with Gasteiger partial charge in [0.15, 0.2) is 0 Å². The van der Waals surface area contributed by atoms with Gasteiger partial charge >= 0.3 is 0 Å². The topological polar surface area (TPSA) is 64.8 Å². The minimum absolute atomic E-state index is 0.121. The number of halogens is 1. The van der Waals surface area contributed by atoms with E-state index in [1.807, 2.05) is 30.3 Å². The largest absolute Gasteiger partial charge is 0.298 e. The van der Waals surface area contributed by atoms with Crippen molar-refractivity contribution < 1.29 is 8.42 Å². The van der Waals surface area contributed by atoms with Crippen molar-refractivity contribution in [1.29, 1.82) is 0 Å². The van der Waals surface area contributed by atoms with E-state index in [-0.39, 0.29) is 11.2 Å². The van der Waals surface area contributed by atoms with Gasteiger partial charge < -0.3 is 0 Å². The first kappa shape index (κ1) is 13.6. The third-order valence-electron chi connectivity index (χ3n) is 3.35. The van der Waals surface area contributed by atoms with Crippen molar-refractivity contribution in [3.8, 4) is 0 Å². The second-order valence-electron chi connectivity index (χ2n) is 4.92. The minimum Gasteiger partial charge on any atom is -0.298 e. The van der Waals surface area contributed by atoms with Crippen LogP contribution in [0.15, 0.2) is 35.5 Å². The molecule has 1 aliphatic carbocycles. The highest BCUT2D eigenvalue weighted by Crippen LogP contribution is 2.38. The highest BCUT2D eigenvalue weighted by molar-refractivity contribution is 8.13. The van der Waals surface area contributed by atoms with Crippen LogP contribution in [0.5, 0.6) is 0 Å². The molecule has 0 atom stereocenters. The standard InChI is InChI=1S/C13H14ClN3O2S/c14-20(18,19)13-16-15-12(17(13)11-7-8-11)9-6-10-4-2-1-3-5-10/h1-5,11H,6-9H2. The zero-order valence-corrected chi connectivity index (χ0v) is 12.3. The second-order valence-corrected chi connectivity index (χ2v) is 7.38. The van der Waals surface area contributed by atoms with E-state index >= 15 is 0 Å². The molecule has 0 saturated heterocycles. The average molecular weight is 312 g/mol. The van der Waals surface area contributed by atoms with Crippen molar-refractivity contribution in [2.45, 2.75) is 36.9 Å². The molecule has 1 fully saturated rings. The summed E-state index contributed by atoms with van der Waals surface area (Å²) in [6.45, 7) is 0. The van der Waals surface area contributed by atoms with E-state index in [1.165, 1.54) is 5.56 Å². The molecule has 0 spiro atoms. The number of aromatic nitrogens is 3. The number of nitrogens with zero attached hydrogens (tertiary/aromatic N) is 3. The third kappa shape index (κ3) is 2.86. The summed E-state index contributed by atoms with van der Waals surface area (Å²) < 4.78 is 24.7. The Morgan fingerprint density at radius 1 is 1.15 bits per heavy atom. The van der Waals surface area contributed by atoms with Crippen LogP contribution in [0.2, 0.25) is 0 Å². The number of rotatable bonds is 5. The predicted octanol–water partition coefficient (Wildman–Crippen LogP) is 2.33. The van der Waals surface area contributed by atoms with Gasteiger partial charge in [-0.15, -0.1) is 10.2 Å². The average Bonchev–Trinajstić information content (AvgIpc) is 3.16. The van der Waals surface area contributed by atoms with Gasteiger partial charge in [0.2, 0.25) is 0 Å². The van der Waals surface area contributed by atoms with Gasteiger partial charge in [-0.25, -0.2) is 8.42 Å². The van der Waals surface area contributed by atoms with Gasteiger partial charge in [0, 0.05) is 23.1 Å². The zero-order valence-electron chi connectivity index (χ0n) is 10.7. The number of hydrogen-bond acceptors (Lipinski definition) is 4. The lowest BCUT2D eigenvalue weighted by Gasteiger charge is -2.07. The van der Waals surface area contributed by atoms with Crippen LogP contribution < -0.4 is 0 Å². The highest BCUT2D eigenvalue weighted by Gasteiger charge is 2.33. The summed E-state index contributed by atoms with van der Waals surface area (Å²) in [7, 11) is 1.58. The lowest BCUT2D eigenvalue weighted by Crippen LogP contribution is -2.09. The van der Waals surface area contributed by atoms with E-state index in [9.17, 15) is 8.42 Å². The van der Waals surface area contributed by atoms with Crippen molar-refractivity contribution >= 4 is 19.7 Å². The van der Waals surface area contributed by atoms with E-state index in [2.05, 4.69) is 10.2 Å². The van der Waals surface area contributed by atoms with Crippen LogP contribution >= 0.6 is 10.7 Å².